The van der Waals surface area contributed by atoms with Gasteiger partial charge < -0.3 is 21.3 Å². The molecule has 9 nitrogen and oxygen atoms in total. The summed E-state index contributed by atoms with van der Waals surface area (Å²) >= 11 is 0. The summed E-state index contributed by atoms with van der Waals surface area (Å²) in [6.45, 7) is 7.94. The summed E-state index contributed by atoms with van der Waals surface area (Å²) in [6, 6.07) is 11.9. The van der Waals surface area contributed by atoms with Crippen LogP contribution in [0.4, 0.5) is 36.2 Å². The van der Waals surface area contributed by atoms with E-state index >= 15 is 0 Å². The summed E-state index contributed by atoms with van der Waals surface area (Å²) in [4.78, 5) is 21.6. The van der Waals surface area contributed by atoms with Crippen LogP contribution >= 0.6 is 0 Å². The van der Waals surface area contributed by atoms with Crippen LogP contribution in [0.2, 0.25) is 0 Å². The Morgan fingerprint density at radius 2 is 1.82 bits per heavy atom. The lowest BCUT2D eigenvalue weighted by molar-refractivity contribution is -0.137. The van der Waals surface area contributed by atoms with E-state index in [-0.39, 0.29) is 11.6 Å². The fourth-order valence-electron chi connectivity index (χ4n) is 4.16. The Bertz CT molecular complexity index is 1520. The molecule has 0 saturated heterocycles. The number of rotatable bonds is 9. The van der Waals surface area contributed by atoms with Crippen molar-refractivity contribution in [1.29, 1.82) is 0 Å². The Kier molecular flexibility index (Phi) is 8.38. The minimum Gasteiger partial charge on any atom is -0.373 e. The average molecular weight is 553 g/mol. The smallest absolute Gasteiger partial charge is 0.373 e. The number of alkyl halides is 3. The fraction of sp³-hybridized carbons (Fsp3) is 0.286. The van der Waals surface area contributed by atoms with Crippen LogP contribution in [-0.2, 0) is 6.18 Å². The third-order valence-corrected chi connectivity index (χ3v) is 6.27. The summed E-state index contributed by atoms with van der Waals surface area (Å²) in [5.41, 5.74) is 2.14. The molecule has 12 heteroatoms. The maximum atomic E-state index is 13.6. The molecule has 0 radical (unpaired) electrons. The van der Waals surface area contributed by atoms with Crippen molar-refractivity contribution in [3.63, 3.8) is 0 Å². The van der Waals surface area contributed by atoms with Gasteiger partial charge in [0.15, 0.2) is 5.82 Å². The molecule has 1 amide bonds. The number of halogens is 3. The molecule has 0 bridgehead atoms. The molecule has 0 unspecified atom stereocenters. The highest BCUT2D eigenvalue weighted by Crippen LogP contribution is 2.33. The van der Waals surface area contributed by atoms with Crippen molar-refractivity contribution in [2.75, 3.05) is 29.5 Å². The number of hydrogen-bond acceptors (Lipinski definition) is 7. The molecular weight excluding hydrogens is 521 g/mol. The lowest BCUT2D eigenvalue weighted by atomic mass is 10.00. The lowest BCUT2D eigenvalue weighted by Crippen LogP contribution is -2.20. The second-order valence-corrected chi connectivity index (χ2v) is 9.32. The lowest BCUT2D eigenvalue weighted by Gasteiger charge is -2.18. The first-order chi connectivity index (χ1) is 19.0. The van der Waals surface area contributed by atoms with Gasteiger partial charge in [0.2, 0.25) is 0 Å². The number of carbonyl (C=O) groups excluding carboxylic acids is 1. The number of aromatic nitrogens is 4. The summed E-state index contributed by atoms with van der Waals surface area (Å²) in [5.74, 6) is 1.16. The number of nitrogens with zero attached hydrogens (tertiary/aromatic N) is 4. The Balaban J connectivity index is 1.62. The van der Waals surface area contributed by atoms with E-state index in [1.807, 2.05) is 26.8 Å². The minimum atomic E-state index is -4.59. The second kappa shape index (κ2) is 11.7. The van der Waals surface area contributed by atoms with Gasteiger partial charge in [0.1, 0.15) is 18.0 Å². The van der Waals surface area contributed by atoms with Gasteiger partial charge in [-0.05, 0) is 68.8 Å². The number of hydrogen-bond donors (Lipinski definition) is 4. The molecule has 0 fully saturated rings. The normalized spacial score (nSPS) is 12.2. The minimum absolute atomic E-state index is 0.0811. The van der Waals surface area contributed by atoms with Gasteiger partial charge in [0, 0.05) is 42.2 Å². The van der Waals surface area contributed by atoms with Crippen molar-refractivity contribution in [2.45, 2.75) is 39.9 Å². The van der Waals surface area contributed by atoms with Crippen molar-refractivity contribution in [1.82, 2.24) is 25.1 Å². The molecule has 2 aromatic heterocycles. The Labute approximate surface area is 230 Å². The number of carbonyl (C=O) groups is 1. The molecule has 2 heterocycles. The summed E-state index contributed by atoms with van der Waals surface area (Å²) in [5, 5.41) is 16.7. The molecule has 1 atom stereocenters. The number of anilines is 4. The van der Waals surface area contributed by atoms with Gasteiger partial charge in [0.05, 0.1) is 11.3 Å². The third-order valence-electron chi connectivity index (χ3n) is 6.27. The monoisotopic (exact) mass is 552 g/mol. The molecule has 0 aliphatic rings. The van der Waals surface area contributed by atoms with Crippen LogP contribution in [0.3, 0.4) is 0 Å². The van der Waals surface area contributed by atoms with E-state index in [9.17, 15) is 18.0 Å². The summed E-state index contributed by atoms with van der Waals surface area (Å²) in [6.07, 6.45) is -3.15. The van der Waals surface area contributed by atoms with Crippen molar-refractivity contribution in [2.24, 2.45) is 0 Å². The molecule has 4 N–H and O–H groups in total. The molecule has 2 aromatic carbocycles. The number of aryl methyl sites for hydroxylation is 2. The molecule has 0 spiro atoms. The van der Waals surface area contributed by atoms with Crippen molar-refractivity contribution in [3.8, 4) is 5.82 Å². The van der Waals surface area contributed by atoms with Crippen molar-refractivity contribution < 1.29 is 18.0 Å². The van der Waals surface area contributed by atoms with Crippen molar-refractivity contribution in [3.05, 3.63) is 82.8 Å². The van der Waals surface area contributed by atoms with Gasteiger partial charge in [-0.1, -0.05) is 13.0 Å². The van der Waals surface area contributed by atoms with E-state index in [4.69, 9.17) is 0 Å². The molecule has 40 heavy (non-hydrogen) atoms. The first-order valence-electron chi connectivity index (χ1n) is 12.7. The number of nitrogens with one attached hydrogen (secondary N) is 4. The zero-order valence-electron chi connectivity index (χ0n) is 22.8. The van der Waals surface area contributed by atoms with Crippen LogP contribution in [0.15, 0.2) is 54.9 Å². The molecular formula is C28H31F3N8O. The highest BCUT2D eigenvalue weighted by molar-refractivity contribution is 6.04. The van der Waals surface area contributed by atoms with Crippen LogP contribution in [0, 0.1) is 13.8 Å². The first-order valence-corrected chi connectivity index (χ1v) is 12.7. The highest BCUT2D eigenvalue weighted by atomic mass is 19.4. The van der Waals surface area contributed by atoms with Gasteiger partial charge >= 0.3 is 6.18 Å². The van der Waals surface area contributed by atoms with Crippen LogP contribution in [0.5, 0.6) is 0 Å². The zero-order valence-corrected chi connectivity index (χ0v) is 22.8. The average Bonchev–Trinajstić information content (AvgIpc) is 3.29. The van der Waals surface area contributed by atoms with E-state index in [0.717, 1.165) is 23.4 Å². The van der Waals surface area contributed by atoms with E-state index in [2.05, 4.69) is 36.3 Å². The molecule has 0 aliphatic carbocycles. The summed E-state index contributed by atoms with van der Waals surface area (Å²) < 4.78 is 42.5. The Morgan fingerprint density at radius 3 is 2.52 bits per heavy atom. The van der Waals surface area contributed by atoms with Crippen molar-refractivity contribution >= 4 is 28.9 Å². The second-order valence-electron chi connectivity index (χ2n) is 9.32. The Hall–Kier alpha value is -4.45. The van der Waals surface area contributed by atoms with Gasteiger partial charge in [-0.3, -0.25) is 4.79 Å². The third kappa shape index (κ3) is 6.57. The maximum absolute atomic E-state index is 13.6. The quantitative estimate of drug-likeness (QED) is 0.202. The largest absolute Gasteiger partial charge is 0.416 e. The molecule has 0 aliphatic heterocycles. The van der Waals surface area contributed by atoms with Gasteiger partial charge in [-0.15, -0.1) is 0 Å². The van der Waals surface area contributed by atoms with Crippen LogP contribution in [-0.4, -0.2) is 39.2 Å². The highest BCUT2D eigenvalue weighted by Gasteiger charge is 2.32. The molecule has 210 valence electrons. The van der Waals surface area contributed by atoms with Gasteiger partial charge in [-0.2, -0.15) is 23.0 Å². The van der Waals surface area contributed by atoms with Crippen LogP contribution < -0.4 is 21.3 Å². The van der Waals surface area contributed by atoms with E-state index in [0.29, 0.717) is 40.9 Å². The SMILES string of the molecule is CCN[C@@H](C)c1cc(C(=O)Nc2ccc(C)c(Nc3cc(C)nn3-c3cc(NC)ncn3)c2)cc(C(F)(F)F)c1. The molecule has 4 rings (SSSR count). The van der Waals surface area contributed by atoms with E-state index in [1.54, 1.807) is 42.9 Å². The van der Waals surface area contributed by atoms with Crippen LogP contribution in [0.1, 0.15) is 52.6 Å². The topological polar surface area (TPSA) is 109 Å². The van der Waals surface area contributed by atoms with Gasteiger partial charge in [-0.25, -0.2) is 9.97 Å². The summed E-state index contributed by atoms with van der Waals surface area (Å²) in [7, 11) is 1.76. The number of benzene rings is 2. The maximum Gasteiger partial charge on any atom is 0.416 e. The first kappa shape index (κ1) is 28.6. The predicted molar refractivity (Wildman–Crippen MR) is 149 cm³/mol. The van der Waals surface area contributed by atoms with Crippen LogP contribution in [0.25, 0.3) is 5.82 Å². The zero-order chi connectivity index (χ0) is 29.0. The fourth-order valence-corrected chi connectivity index (χ4v) is 4.16. The molecule has 0 saturated carbocycles. The van der Waals surface area contributed by atoms with E-state index in [1.165, 1.54) is 12.4 Å². The predicted octanol–water partition coefficient (Wildman–Crippen LogP) is 6.01. The van der Waals surface area contributed by atoms with E-state index < -0.39 is 17.6 Å². The molecule has 4 aromatic rings. The Morgan fingerprint density at radius 1 is 1.05 bits per heavy atom. The standard InChI is InChI=1S/C28H31F3N8O/c1-6-33-18(4)19-10-20(12-21(11-19)28(29,30)31)27(40)36-22-8-7-16(2)23(13-22)37-26-9-17(3)38-39(26)25-14-24(32-5)34-15-35-25/h7-15,18,33,37H,6H2,1-5H3,(H,36,40)(H,32,34,35)/t18-/m0/s1. The number of amides is 1. The van der Waals surface area contributed by atoms with Gasteiger partial charge in [0.25, 0.3) is 5.91 Å².